The average molecular weight is 358 g/mol. The molecule has 0 unspecified atom stereocenters. The minimum absolute atomic E-state index is 0.285. The van der Waals surface area contributed by atoms with Gasteiger partial charge in [0.15, 0.2) is 17.1 Å². The number of nitrogens with one attached hydrogen (secondary N) is 1. The highest BCUT2D eigenvalue weighted by Crippen LogP contribution is 2.32. The maximum absolute atomic E-state index is 5.47. The Labute approximate surface area is 156 Å². The van der Waals surface area contributed by atoms with Gasteiger partial charge in [-0.1, -0.05) is 36.4 Å². The number of nitrogens with zero attached hydrogens (tertiary/aromatic N) is 3. The molecule has 2 aromatic carbocycles. The zero-order valence-corrected chi connectivity index (χ0v) is 14.6. The largest absolute Gasteiger partial charge is 0.454 e. The fourth-order valence-electron chi connectivity index (χ4n) is 3.29. The molecule has 0 aliphatic carbocycles. The topological polar surface area (TPSA) is 60.7 Å². The Morgan fingerprint density at radius 1 is 1.00 bits per heavy atom. The quantitative estimate of drug-likeness (QED) is 0.590. The standard InChI is InChI=1S/C21H18N4O2/c1-2-4-15(5-3-1)10-17-21(25-9-8-22-13-20(25)24-17)23-12-16-6-7-18-19(11-16)27-14-26-18/h1-9,11,13,23H,10,12,14H2. The first kappa shape index (κ1) is 15.7. The number of hydrogen-bond acceptors (Lipinski definition) is 5. The molecule has 6 nitrogen and oxygen atoms in total. The molecular formula is C21H18N4O2. The van der Waals surface area contributed by atoms with Crippen molar-refractivity contribution in [3.8, 4) is 11.5 Å². The van der Waals surface area contributed by atoms with Crippen molar-refractivity contribution in [2.75, 3.05) is 12.1 Å². The van der Waals surface area contributed by atoms with Gasteiger partial charge in [0.05, 0.1) is 11.9 Å². The molecular weight excluding hydrogens is 340 g/mol. The summed E-state index contributed by atoms with van der Waals surface area (Å²) in [5, 5.41) is 3.54. The van der Waals surface area contributed by atoms with Crippen LogP contribution in [0, 0.1) is 0 Å². The summed E-state index contributed by atoms with van der Waals surface area (Å²) in [7, 11) is 0. The highest BCUT2D eigenvalue weighted by Gasteiger charge is 2.15. The summed E-state index contributed by atoms with van der Waals surface area (Å²) in [5.41, 5.74) is 4.17. The lowest BCUT2D eigenvalue weighted by Gasteiger charge is -2.09. The molecule has 3 heterocycles. The molecule has 0 atom stereocenters. The van der Waals surface area contributed by atoms with Crippen molar-refractivity contribution < 1.29 is 9.47 Å². The smallest absolute Gasteiger partial charge is 0.231 e. The zero-order chi connectivity index (χ0) is 18.1. The average Bonchev–Trinajstić information content (AvgIpc) is 3.31. The van der Waals surface area contributed by atoms with Crippen molar-refractivity contribution in [1.82, 2.24) is 14.4 Å². The van der Waals surface area contributed by atoms with E-state index in [1.165, 1.54) is 5.56 Å². The van der Waals surface area contributed by atoms with Crippen LogP contribution < -0.4 is 14.8 Å². The second kappa shape index (κ2) is 6.64. The molecule has 27 heavy (non-hydrogen) atoms. The summed E-state index contributed by atoms with van der Waals surface area (Å²) in [6.45, 7) is 0.947. The van der Waals surface area contributed by atoms with E-state index in [-0.39, 0.29) is 6.79 Å². The van der Waals surface area contributed by atoms with E-state index in [2.05, 4.69) is 22.4 Å². The van der Waals surface area contributed by atoms with Gasteiger partial charge in [-0.3, -0.25) is 9.38 Å². The van der Waals surface area contributed by atoms with Gasteiger partial charge >= 0.3 is 0 Å². The predicted molar refractivity (Wildman–Crippen MR) is 102 cm³/mol. The van der Waals surface area contributed by atoms with E-state index in [4.69, 9.17) is 14.5 Å². The minimum atomic E-state index is 0.285. The number of hydrogen-bond donors (Lipinski definition) is 1. The van der Waals surface area contributed by atoms with E-state index in [1.54, 1.807) is 12.4 Å². The van der Waals surface area contributed by atoms with Crippen molar-refractivity contribution in [3.63, 3.8) is 0 Å². The van der Waals surface area contributed by atoms with Crippen LogP contribution in [-0.4, -0.2) is 21.2 Å². The molecule has 2 aromatic heterocycles. The van der Waals surface area contributed by atoms with Crippen molar-refractivity contribution in [1.29, 1.82) is 0 Å². The Bertz CT molecular complexity index is 1090. The summed E-state index contributed by atoms with van der Waals surface area (Å²) in [6.07, 6.45) is 6.23. The normalized spacial score (nSPS) is 12.4. The first-order chi connectivity index (χ1) is 13.4. The SMILES string of the molecule is c1ccc(Cc2nc3cnccn3c2NCc2ccc3c(c2)OCO3)cc1. The van der Waals surface area contributed by atoms with Crippen LogP contribution >= 0.6 is 0 Å². The number of rotatable bonds is 5. The van der Waals surface area contributed by atoms with Gasteiger partial charge in [0, 0.05) is 25.4 Å². The fraction of sp³-hybridized carbons (Fsp3) is 0.143. The Balaban J connectivity index is 1.45. The third kappa shape index (κ3) is 3.06. The van der Waals surface area contributed by atoms with E-state index in [0.29, 0.717) is 6.54 Å². The van der Waals surface area contributed by atoms with Crippen LogP contribution in [0.15, 0.2) is 67.1 Å². The second-order valence-corrected chi connectivity index (χ2v) is 6.42. The molecule has 0 saturated carbocycles. The van der Waals surface area contributed by atoms with Gasteiger partial charge in [0.1, 0.15) is 5.82 Å². The number of ether oxygens (including phenoxy) is 2. The number of imidazole rings is 1. The monoisotopic (exact) mass is 358 g/mol. The zero-order valence-electron chi connectivity index (χ0n) is 14.6. The van der Waals surface area contributed by atoms with E-state index in [0.717, 1.165) is 40.6 Å². The summed E-state index contributed by atoms with van der Waals surface area (Å²) >= 11 is 0. The Morgan fingerprint density at radius 2 is 1.89 bits per heavy atom. The molecule has 6 heteroatoms. The molecule has 4 aromatic rings. The summed E-state index contributed by atoms with van der Waals surface area (Å²) in [5.74, 6) is 2.57. The summed E-state index contributed by atoms with van der Waals surface area (Å²) < 4.78 is 12.9. The van der Waals surface area contributed by atoms with E-state index in [9.17, 15) is 0 Å². The molecule has 1 aliphatic heterocycles. The van der Waals surface area contributed by atoms with E-state index in [1.807, 2.05) is 47.0 Å². The molecule has 5 rings (SSSR count). The molecule has 1 N–H and O–H groups in total. The maximum Gasteiger partial charge on any atom is 0.231 e. The van der Waals surface area contributed by atoms with Gasteiger partial charge in [-0.05, 0) is 23.3 Å². The number of aromatic nitrogens is 3. The molecule has 0 bridgehead atoms. The Morgan fingerprint density at radius 3 is 2.81 bits per heavy atom. The fourth-order valence-corrected chi connectivity index (χ4v) is 3.29. The van der Waals surface area contributed by atoms with Crippen molar-refractivity contribution in [2.24, 2.45) is 0 Å². The minimum Gasteiger partial charge on any atom is -0.454 e. The van der Waals surface area contributed by atoms with Crippen LogP contribution in [0.3, 0.4) is 0 Å². The first-order valence-corrected chi connectivity index (χ1v) is 8.84. The summed E-state index contributed by atoms with van der Waals surface area (Å²) in [6, 6.07) is 16.4. The predicted octanol–water partition coefficient (Wildman–Crippen LogP) is 3.66. The number of anilines is 1. The van der Waals surface area contributed by atoms with Gasteiger partial charge < -0.3 is 14.8 Å². The molecule has 0 amide bonds. The van der Waals surface area contributed by atoms with Crippen molar-refractivity contribution in [2.45, 2.75) is 13.0 Å². The number of benzene rings is 2. The van der Waals surface area contributed by atoms with Crippen LogP contribution in [0.1, 0.15) is 16.8 Å². The molecule has 0 saturated heterocycles. The lowest BCUT2D eigenvalue weighted by atomic mass is 10.1. The molecule has 0 fully saturated rings. The Kier molecular flexibility index (Phi) is 3.86. The molecule has 0 spiro atoms. The van der Waals surface area contributed by atoms with Gasteiger partial charge in [-0.25, -0.2) is 4.98 Å². The van der Waals surface area contributed by atoms with Gasteiger partial charge in [-0.15, -0.1) is 0 Å². The van der Waals surface area contributed by atoms with Crippen molar-refractivity contribution in [3.05, 3.63) is 83.9 Å². The number of fused-ring (bicyclic) bond motifs is 2. The van der Waals surface area contributed by atoms with Gasteiger partial charge in [0.2, 0.25) is 6.79 Å². The highest BCUT2D eigenvalue weighted by atomic mass is 16.7. The second-order valence-electron chi connectivity index (χ2n) is 6.42. The highest BCUT2D eigenvalue weighted by molar-refractivity contribution is 5.56. The van der Waals surface area contributed by atoms with Gasteiger partial charge in [0.25, 0.3) is 0 Å². The van der Waals surface area contributed by atoms with Crippen LogP contribution in [0.25, 0.3) is 5.65 Å². The van der Waals surface area contributed by atoms with Crippen LogP contribution in [0.5, 0.6) is 11.5 Å². The maximum atomic E-state index is 5.47. The Hall–Kier alpha value is -3.54. The van der Waals surface area contributed by atoms with Crippen LogP contribution in [0.2, 0.25) is 0 Å². The molecule has 134 valence electrons. The van der Waals surface area contributed by atoms with E-state index < -0.39 is 0 Å². The van der Waals surface area contributed by atoms with Crippen LogP contribution in [-0.2, 0) is 13.0 Å². The van der Waals surface area contributed by atoms with Crippen LogP contribution in [0.4, 0.5) is 5.82 Å². The summed E-state index contributed by atoms with van der Waals surface area (Å²) in [4.78, 5) is 8.96. The van der Waals surface area contributed by atoms with E-state index >= 15 is 0 Å². The third-order valence-electron chi connectivity index (χ3n) is 4.61. The van der Waals surface area contributed by atoms with Crippen molar-refractivity contribution >= 4 is 11.5 Å². The lowest BCUT2D eigenvalue weighted by molar-refractivity contribution is 0.174. The third-order valence-corrected chi connectivity index (χ3v) is 4.61. The lowest BCUT2D eigenvalue weighted by Crippen LogP contribution is -2.05. The molecule has 1 aliphatic rings. The van der Waals surface area contributed by atoms with Gasteiger partial charge in [-0.2, -0.15) is 0 Å². The first-order valence-electron chi connectivity index (χ1n) is 8.84. The molecule has 0 radical (unpaired) electrons.